The van der Waals surface area contributed by atoms with E-state index in [9.17, 15) is 4.79 Å². The van der Waals surface area contributed by atoms with Crippen LogP contribution in [0.5, 0.6) is 5.75 Å². The van der Waals surface area contributed by atoms with E-state index >= 15 is 0 Å². The van der Waals surface area contributed by atoms with Crippen molar-refractivity contribution in [2.24, 2.45) is 0 Å². The molecule has 0 spiro atoms. The summed E-state index contributed by atoms with van der Waals surface area (Å²) in [4.78, 5) is 12.0. The lowest BCUT2D eigenvalue weighted by atomic mass is 10.2. The van der Waals surface area contributed by atoms with Crippen LogP contribution in [0.25, 0.3) is 0 Å². The molecule has 0 heterocycles. The van der Waals surface area contributed by atoms with Gasteiger partial charge in [-0.2, -0.15) is 0 Å². The number of anilines is 1. The Morgan fingerprint density at radius 2 is 1.86 bits per heavy atom. The van der Waals surface area contributed by atoms with Gasteiger partial charge >= 0.3 is 5.97 Å². The van der Waals surface area contributed by atoms with Gasteiger partial charge in [0.2, 0.25) is 0 Å². The van der Waals surface area contributed by atoms with Crippen LogP contribution < -0.4 is 10.5 Å². The molecule has 2 aromatic rings. The first-order chi connectivity index (χ1) is 10.0. The molecule has 0 saturated heterocycles. The van der Waals surface area contributed by atoms with Gasteiger partial charge in [-0.1, -0.05) is 35.3 Å². The summed E-state index contributed by atoms with van der Waals surface area (Å²) in [5, 5.41) is 0.546. The monoisotopic (exact) mass is 325 g/mol. The van der Waals surface area contributed by atoms with Crippen LogP contribution in [0.3, 0.4) is 0 Å². The van der Waals surface area contributed by atoms with E-state index in [1.165, 1.54) is 12.1 Å². The summed E-state index contributed by atoms with van der Waals surface area (Å²) < 4.78 is 10.3. The van der Waals surface area contributed by atoms with E-state index in [0.717, 1.165) is 11.3 Å². The molecule has 0 atom stereocenters. The van der Waals surface area contributed by atoms with Gasteiger partial charge in [0, 0.05) is 5.02 Å². The largest absolute Gasteiger partial charge is 0.497 e. The maximum Gasteiger partial charge on any atom is 0.340 e. The fourth-order valence-electron chi connectivity index (χ4n) is 1.70. The minimum absolute atomic E-state index is 0.117. The van der Waals surface area contributed by atoms with Crippen LogP contribution in [-0.2, 0) is 11.3 Å². The molecule has 0 saturated carbocycles. The molecule has 4 nitrogen and oxygen atoms in total. The van der Waals surface area contributed by atoms with Crippen LogP contribution in [0.4, 0.5) is 5.69 Å². The van der Waals surface area contributed by atoms with E-state index in [1.54, 1.807) is 31.4 Å². The SMILES string of the molecule is COc1ccc(COC(=O)c2cc(Cl)cc(Cl)c2N)cc1. The first-order valence-electron chi connectivity index (χ1n) is 6.06. The van der Waals surface area contributed by atoms with Gasteiger partial charge in [0.05, 0.1) is 23.4 Å². The van der Waals surface area contributed by atoms with Crippen LogP contribution in [0.1, 0.15) is 15.9 Å². The summed E-state index contributed by atoms with van der Waals surface area (Å²) in [6, 6.07) is 10.1. The first kappa shape index (κ1) is 15.5. The summed E-state index contributed by atoms with van der Waals surface area (Å²) in [6.45, 7) is 0.117. The average molecular weight is 326 g/mol. The minimum Gasteiger partial charge on any atom is -0.497 e. The zero-order valence-electron chi connectivity index (χ0n) is 11.2. The van der Waals surface area contributed by atoms with Gasteiger partial charge in [-0.15, -0.1) is 0 Å². The second kappa shape index (κ2) is 6.70. The summed E-state index contributed by atoms with van der Waals surface area (Å²) in [5.74, 6) is 0.156. The number of benzene rings is 2. The third kappa shape index (κ3) is 3.80. The predicted molar refractivity (Wildman–Crippen MR) is 83.0 cm³/mol. The van der Waals surface area contributed by atoms with Gasteiger partial charge in [-0.05, 0) is 29.8 Å². The number of carbonyl (C=O) groups excluding carboxylic acids is 1. The number of hydrogen-bond acceptors (Lipinski definition) is 4. The molecule has 21 heavy (non-hydrogen) atoms. The Labute approximate surface area is 132 Å². The first-order valence-corrected chi connectivity index (χ1v) is 6.81. The second-order valence-corrected chi connectivity index (χ2v) is 5.12. The molecule has 2 aromatic carbocycles. The molecule has 0 aliphatic heterocycles. The highest BCUT2D eigenvalue weighted by atomic mass is 35.5. The number of esters is 1. The van der Waals surface area contributed by atoms with E-state index in [2.05, 4.69) is 0 Å². The Kier molecular flexibility index (Phi) is 4.94. The van der Waals surface area contributed by atoms with Crippen LogP contribution in [0.15, 0.2) is 36.4 Å². The maximum absolute atomic E-state index is 12.0. The number of hydrogen-bond donors (Lipinski definition) is 1. The third-order valence-corrected chi connectivity index (χ3v) is 3.37. The Bertz CT molecular complexity index is 657. The molecular weight excluding hydrogens is 313 g/mol. The highest BCUT2D eigenvalue weighted by Gasteiger charge is 2.15. The van der Waals surface area contributed by atoms with Crippen molar-refractivity contribution in [1.29, 1.82) is 0 Å². The third-order valence-electron chi connectivity index (χ3n) is 2.84. The molecule has 0 amide bonds. The topological polar surface area (TPSA) is 61.5 Å². The quantitative estimate of drug-likeness (QED) is 0.683. The number of nitrogen functional groups attached to an aromatic ring is 1. The van der Waals surface area contributed by atoms with E-state index < -0.39 is 5.97 Å². The van der Waals surface area contributed by atoms with Crippen molar-refractivity contribution in [2.45, 2.75) is 6.61 Å². The molecule has 0 bridgehead atoms. The van der Waals surface area contributed by atoms with Gasteiger partial charge in [0.1, 0.15) is 12.4 Å². The Hall–Kier alpha value is -1.91. The minimum atomic E-state index is -0.576. The number of halogens is 2. The molecule has 0 unspecified atom stereocenters. The number of carbonyl (C=O) groups is 1. The number of methoxy groups -OCH3 is 1. The van der Waals surface area contributed by atoms with Crippen LogP contribution in [0, 0.1) is 0 Å². The van der Waals surface area contributed by atoms with Crippen LogP contribution >= 0.6 is 23.2 Å². The van der Waals surface area contributed by atoms with Crippen molar-refractivity contribution in [2.75, 3.05) is 12.8 Å². The van der Waals surface area contributed by atoms with Gasteiger partial charge in [-0.3, -0.25) is 0 Å². The van der Waals surface area contributed by atoms with Crippen LogP contribution in [-0.4, -0.2) is 13.1 Å². The van der Waals surface area contributed by atoms with E-state index in [1.807, 2.05) is 0 Å². The molecule has 2 N–H and O–H groups in total. The molecule has 0 aliphatic rings. The van der Waals surface area contributed by atoms with Crippen molar-refractivity contribution < 1.29 is 14.3 Å². The summed E-state index contributed by atoms with van der Waals surface area (Å²) in [7, 11) is 1.58. The summed E-state index contributed by atoms with van der Waals surface area (Å²) in [5.41, 5.74) is 6.89. The fourth-order valence-corrected chi connectivity index (χ4v) is 2.20. The van der Waals surface area contributed by atoms with Gasteiger partial charge in [0.15, 0.2) is 0 Å². The number of ether oxygens (including phenoxy) is 2. The zero-order chi connectivity index (χ0) is 15.4. The van der Waals surface area contributed by atoms with E-state index in [4.69, 9.17) is 38.4 Å². The lowest BCUT2D eigenvalue weighted by molar-refractivity contribution is 0.0474. The Balaban J connectivity index is 2.08. The van der Waals surface area contributed by atoms with E-state index in [-0.39, 0.29) is 22.9 Å². The van der Waals surface area contributed by atoms with Crippen molar-refractivity contribution in [3.63, 3.8) is 0 Å². The molecule has 0 fully saturated rings. The van der Waals surface area contributed by atoms with Crippen molar-refractivity contribution in [3.05, 3.63) is 57.6 Å². The molecule has 0 radical (unpaired) electrons. The molecule has 110 valence electrons. The van der Waals surface area contributed by atoms with Gasteiger partial charge in [0.25, 0.3) is 0 Å². The van der Waals surface area contributed by atoms with Crippen molar-refractivity contribution in [1.82, 2.24) is 0 Å². The molecule has 0 aliphatic carbocycles. The van der Waals surface area contributed by atoms with Crippen molar-refractivity contribution >= 4 is 34.9 Å². The summed E-state index contributed by atoms with van der Waals surface area (Å²) >= 11 is 11.7. The van der Waals surface area contributed by atoms with E-state index in [0.29, 0.717) is 5.02 Å². The number of nitrogens with two attached hydrogens (primary N) is 1. The molecule has 6 heteroatoms. The standard InChI is InChI=1S/C15H13Cl2NO3/c1-20-11-4-2-9(3-5-11)8-21-15(19)12-6-10(16)7-13(17)14(12)18/h2-7H,8,18H2,1H3. The highest BCUT2D eigenvalue weighted by Crippen LogP contribution is 2.28. The van der Waals surface area contributed by atoms with Gasteiger partial charge in [-0.25, -0.2) is 4.79 Å². The zero-order valence-corrected chi connectivity index (χ0v) is 12.7. The predicted octanol–water partition coefficient (Wildman–Crippen LogP) is 3.94. The Morgan fingerprint density at radius 3 is 2.48 bits per heavy atom. The fraction of sp³-hybridized carbons (Fsp3) is 0.133. The normalized spacial score (nSPS) is 10.2. The number of rotatable bonds is 4. The van der Waals surface area contributed by atoms with Crippen molar-refractivity contribution in [3.8, 4) is 5.75 Å². The average Bonchev–Trinajstić information content (AvgIpc) is 2.49. The van der Waals surface area contributed by atoms with Gasteiger partial charge < -0.3 is 15.2 Å². The second-order valence-electron chi connectivity index (χ2n) is 4.27. The highest BCUT2D eigenvalue weighted by molar-refractivity contribution is 6.37. The molecular formula is C15H13Cl2NO3. The lowest BCUT2D eigenvalue weighted by Crippen LogP contribution is -2.08. The summed E-state index contributed by atoms with van der Waals surface area (Å²) in [6.07, 6.45) is 0. The lowest BCUT2D eigenvalue weighted by Gasteiger charge is -2.09. The van der Waals surface area contributed by atoms with Crippen LogP contribution in [0.2, 0.25) is 10.0 Å². The Morgan fingerprint density at radius 1 is 1.19 bits per heavy atom. The molecule has 2 rings (SSSR count). The smallest absolute Gasteiger partial charge is 0.340 e. The maximum atomic E-state index is 12.0. The molecule has 0 aromatic heterocycles.